The summed E-state index contributed by atoms with van der Waals surface area (Å²) in [5, 5.41) is 2.75. The van der Waals surface area contributed by atoms with Crippen molar-refractivity contribution >= 4 is 28.5 Å². The highest BCUT2D eigenvalue weighted by Gasteiger charge is 2.02. The smallest absolute Gasteiger partial charge is 0.323 e. The van der Waals surface area contributed by atoms with Crippen LogP contribution in [0.15, 0.2) is 23.0 Å². The van der Waals surface area contributed by atoms with Crippen LogP contribution in [0.1, 0.15) is 12.0 Å². The fourth-order valence-corrected chi connectivity index (χ4v) is 1.74. The number of benzene rings is 1. The minimum Gasteiger partial charge on any atom is -0.352 e. The number of halogens is 1. The largest absolute Gasteiger partial charge is 0.352 e. The summed E-state index contributed by atoms with van der Waals surface area (Å²) in [7, 11) is 0. The minimum absolute atomic E-state index is 0.0809. The summed E-state index contributed by atoms with van der Waals surface area (Å²) >= 11 is 5.45. The number of imidazole rings is 1. The normalized spacial score (nSPS) is 10.6. The second kappa shape index (κ2) is 5.05. The molecule has 17 heavy (non-hydrogen) atoms. The summed E-state index contributed by atoms with van der Waals surface area (Å²) in [6.07, 6.45) is 0.310. The van der Waals surface area contributed by atoms with Gasteiger partial charge in [0, 0.05) is 18.8 Å². The Morgan fingerprint density at radius 3 is 2.82 bits per heavy atom. The van der Waals surface area contributed by atoms with Gasteiger partial charge in [-0.2, -0.15) is 0 Å². The molecule has 1 amide bonds. The van der Waals surface area contributed by atoms with Crippen LogP contribution in [0, 0.1) is 0 Å². The van der Waals surface area contributed by atoms with Crippen molar-refractivity contribution in [3.8, 4) is 0 Å². The zero-order valence-corrected chi connectivity index (χ0v) is 9.80. The fourth-order valence-electron chi connectivity index (χ4n) is 1.56. The second-order valence-corrected chi connectivity index (χ2v) is 4.05. The van der Waals surface area contributed by atoms with Crippen LogP contribution in [-0.4, -0.2) is 21.8 Å². The van der Waals surface area contributed by atoms with Crippen LogP contribution >= 0.6 is 11.6 Å². The van der Waals surface area contributed by atoms with E-state index >= 15 is 0 Å². The van der Waals surface area contributed by atoms with Crippen LogP contribution in [0.3, 0.4) is 0 Å². The molecule has 3 N–H and O–H groups in total. The maximum atomic E-state index is 11.2. The number of aromatic nitrogens is 2. The number of fused-ring (bicyclic) bond motifs is 1. The third-order valence-electron chi connectivity index (χ3n) is 2.39. The van der Waals surface area contributed by atoms with Gasteiger partial charge in [0.2, 0.25) is 5.91 Å². The molecule has 0 atom stereocenters. The van der Waals surface area contributed by atoms with Crippen LogP contribution in [-0.2, 0) is 11.3 Å². The van der Waals surface area contributed by atoms with E-state index in [2.05, 4.69) is 15.3 Å². The van der Waals surface area contributed by atoms with E-state index in [1.807, 2.05) is 12.1 Å². The molecular formula is C11H12ClN3O2. The zero-order valence-electron chi connectivity index (χ0n) is 9.05. The molecule has 0 aliphatic carbocycles. The Balaban J connectivity index is 2.08. The SMILES string of the molecule is O=C(CCCl)NCc1ccc2[nH]c(=O)[nH]c2c1. The van der Waals surface area contributed by atoms with Gasteiger partial charge < -0.3 is 15.3 Å². The van der Waals surface area contributed by atoms with E-state index in [9.17, 15) is 9.59 Å². The van der Waals surface area contributed by atoms with Crippen molar-refractivity contribution in [3.05, 3.63) is 34.2 Å². The number of carbonyl (C=O) groups excluding carboxylic acids is 1. The molecule has 6 heteroatoms. The Hall–Kier alpha value is -1.75. The number of aromatic amines is 2. The average Bonchev–Trinajstić information content (AvgIpc) is 2.66. The first-order valence-corrected chi connectivity index (χ1v) is 5.76. The van der Waals surface area contributed by atoms with Gasteiger partial charge in [-0.3, -0.25) is 4.79 Å². The van der Waals surface area contributed by atoms with E-state index in [0.717, 1.165) is 16.6 Å². The standard InChI is InChI=1S/C11H12ClN3O2/c12-4-3-10(16)13-6-7-1-2-8-9(5-7)15-11(17)14-8/h1-2,5H,3-4,6H2,(H,13,16)(H2,14,15,17). The van der Waals surface area contributed by atoms with E-state index in [4.69, 9.17) is 11.6 Å². The van der Waals surface area contributed by atoms with Gasteiger partial charge in [-0.25, -0.2) is 4.79 Å². The highest BCUT2D eigenvalue weighted by Crippen LogP contribution is 2.09. The van der Waals surface area contributed by atoms with E-state index in [0.29, 0.717) is 18.8 Å². The van der Waals surface area contributed by atoms with Gasteiger partial charge in [0.15, 0.2) is 0 Å². The molecule has 0 unspecified atom stereocenters. The second-order valence-electron chi connectivity index (χ2n) is 3.67. The summed E-state index contributed by atoms with van der Waals surface area (Å²) in [4.78, 5) is 27.6. The molecule has 5 nitrogen and oxygen atoms in total. The third kappa shape index (κ3) is 2.88. The van der Waals surface area contributed by atoms with Crippen LogP contribution in [0.4, 0.5) is 0 Å². The third-order valence-corrected chi connectivity index (χ3v) is 2.58. The first-order valence-electron chi connectivity index (χ1n) is 5.22. The molecule has 2 aromatic rings. The lowest BCUT2D eigenvalue weighted by molar-refractivity contribution is -0.120. The molecule has 0 saturated heterocycles. The Kier molecular flexibility index (Phi) is 3.49. The number of carbonyl (C=O) groups is 1. The summed E-state index contributed by atoms with van der Waals surface area (Å²) in [5.74, 6) is 0.235. The first-order chi connectivity index (χ1) is 8.19. The zero-order chi connectivity index (χ0) is 12.3. The maximum absolute atomic E-state index is 11.2. The number of H-pyrrole nitrogens is 2. The van der Waals surface area contributed by atoms with Crippen LogP contribution in [0.25, 0.3) is 11.0 Å². The number of nitrogens with one attached hydrogen (secondary N) is 3. The van der Waals surface area contributed by atoms with Crippen molar-refractivity contribution in [2.45, 2.75) is 13.0 Å². The predicted octanol–water partition coefficient (Wildman–Crippen LogP) is 1.10. The maximum Gasteiger partial charge on any atom is 0.323 e. The van der Waals surface area contributed by atoms with Crippen LogP contribution in [0.2, 0.25) is 0 Å². The Labute approximate surface area is 102 Å². The molecule has 1 aromatic carbocycles. The highest BCUT2D eigenvalue weighted by atomic mass is 35.5. The van der Waals surface area contributed by atoms with Crippen molar-refractivity contribution < 1.29 is 4.79 Å². The van der Waals surface area contributed by atoms with Gasteiger partial charge in [-0.05, 0) is 17.7 Å². The molecule has 0 radical (unpaired) electrons. The van der Waals surface area contributed by atoms with Crippen molar-refractivity contribution in [3.63, 3.8) is 0 Å². The van der Waals surface area contributed by atoms with Gasteiger partial charge in [0.25, 0.3) is 0 Å². The van der Waals surface area contributed by atoms with E-state index in [1.165, 1.54) is 0 Å². The molecule has 0 spiro atoms. The highest BCUT2D eigenvalue weighted by molar-refractivity contribution is 6.18. The minimum atomic E-state index is -0.233. The molecule has 90 valence electrons. The van der Waals surface area contributed by atoms with Crippen LogP contribution in [0.5, 0.6) is 0 Å². The van der Waals surface area contributed by atoms with E-state index < -0.39 is 0 Å². The predicted molar refractivity (Wildman–Crippen MR) is 66.1 cm³/mol. The monoisotopic (exact) mass is 253 g/mol. The summed E-state index contributed by atoms with van der Waals surface area (Å²) < 4.78 is 0. The molecule has 1 aromatic heterocycles. The topological polar surface area (TPSA) is 77.8 Å². The van der Waals surface area contributed by atoms with Crippen molar-refractivity contribution in [1.29, 1.82) is 0 Å². The lowest BCUT2D eigenvalue weighted by Gasteiger charge is -2.03. The molecule has 0 aliphatic rings. The number of hydrogen-bond acceptors (Lipinski definition) is 2. The van der Waals surface area contributed by atoms with Crippen molar-refractivity contribution in [1.82, 2.24) is 15.3 Å². The van der Waals surface area contributed by atoms with Crippen molar-refractivity contribution in [2.75, 3.05) is 5.88 Å². The summed E-state index contributed by atoms with van der Waals surface area (Å²) in [5.41, 5.74) is 2.18. The number of amides is 1. The fraction of sp³-hybridized carbons (Fsp3) is 0.273. The average molecular weight is 254 g/mol. The number of rotatable bonds is 4. The Morgan fingerprint density at radius 1 is 1.29 bits per heavy atom. The van der Waals surface area contributed by atoms with Crippen molar-refractivity contribution in [2.24, 2.45) is 0 Å². The van der Waals surface area contributed by atoms with Gasteiger partial charge in [-0.1, -0.05) is 6.07 Å². The first kappa shape index (κ1) is 11.7. The molecule has 0 fully saturated rings. The quantitative estimate of drug-likeness (QED) is 0.714. The van der Waals surface area contributed by atoms with Gasteiger partial charge >= 0.3 is 5.69 Å². The molecule has 0 bridgehead atoms. The molecule has 0 aliphatic heterocycles. The van der Waals surface area contributed by atoms with Crippen LogP contribution < -0.4 is 11.0 Å². The van der Waals surface area contributed by atoms with Gasteiger partial charge in [0.05, 0.1) is 11.0 Å². The van der Waals surface area contributed by atoms with Gasteiger partial charge in [0.1, 0.15) is 0 Å². The summed E-state index contributed by atoms with van der Waals surface area (Å²) in [6.45, 7) is 0.429. The lowest BCUT2D eigenvalue weighted by Crippen LogP contribution is -2.22. The number of hydrogen-bond donors (Lipinski definition) is 3. The Bertz CT molecular complexity index is 588. The molecule has 1 heterocycles. The summed E-state index contributed by atoms with van der Waals surface area (Å²) in [6, 6.07) is 5.48. The molecular weight excluding hydrogens is 242 g/mol. The Morgan fingerprint density at radius 2 is 2.06 bits per heavy atom. The number of alkyl halides is 1. The van der Waals surface area contributed by atoms with Gasteiger partial charge in [-0.15, -0.1) is 11.6 Å². The lowest BCUT2D eigenvalue weighted by atomic mass is 10.2. The van der Waals surface area contributed by atoms with E-state index in [-0.39, 0.29) is 11.6 Å². The molecule has 2 rings (SSSR count). The van der Waals surface area contributed by atoms with E-state index in [1.54, 1.807) is 6.07 Å². The molecule has 0 saturated carbocycles.